The predicted octanol–water partition coefficient (Wildman–Crippen LogP) is 2.89. The van der Waals surface area contributed by atoms with Crippen LogP contribution in [0.15, 0.2) is 23.6 Å². The van der Waals surface area contributed by atoms with Crippen molar-refractivity contribution < 1.29 is 14.7 Å². The van der Waals surface area contributed by atoms with Crippen LogP contribution in [0.4, 0.5) is 5.13 Å². The Morgan fingerprint density at radius 1 is 1.36 bits per heavy atom. The lowest BCUT2D eigenvalue weighted by Gasteiger charge is -2.21. The van der Waals surface area contributed by atoms with E-state index in [1.54, 1.807) is 6.07 Å². The number of nitrogens with zero attached hydrogens (tertiary/aromatic N) is 1. The second-order valence-electron chi connectivity index (χ2n) is 5.51. The number of rotatable bonds is 3. The summed E-state index contributed by atoms with van der Waals surface area (Å²) in [5.74, 6) is -1.24. The molecule has 1 amide bonds. The van der Waals surface area contributed by atoms with Crippen LogP contribution in [0.25, 0.3) is 0 Å². The van der Waals surface area contributed by atoms with Gasteiger partial charge in [0, 0.05) is 10.9 Å². The standard InChI is InChI=1S/C16H16N2O3S/c1-9-8-22-16(17-9)18-14(19)12-4-2-11-7-13(15(20)21)5-3-10(11)6-12/h2,4,6,8,13H,3,5,7H2,1H3,(H,20,21)(H,17,18,19). The zero-order chi connectivity index (χ0) is 15.7. The highest BCUT2D eigenvalue weighted by Crippen LogP contribution is 2.27. The molecule has 3 rings (SSSR count). The number of carbonyl (C=O) groups excluding carboxylic acids is 1. The Morgan fingerprint density at radius 3 is 2.86 bits per heavy atom. The maximum Gasteiger partial charge on any atom is 0.306 e. The molecule has 1 heterocycles. The SMILES string of the molecule is Cc1csc(NC(=O)c2ccc3c(c2)CCC(C(=O)O)C3)n1. The minimum atomic E-state index is -0.744. The van der Waals surface area contributed by atoms with Crippen LogP contribution in [0.1, 0.15) is 33.6 Å². The summed E-state index contributed by atoms with van der Waals surface area (Å²) < 4.78 is 0. The summed E-state index contributed by atoms with van der Waals surface area (Å²) in [5, 5.41) is 14.4. The molecule has 0 spiro atoms. The minimum absolute atomic E-state index is 0.183. The van der Waals surface area contributed by atoms with Crippen molar-refractivity contribution in [2.24, 2.45) is 5.92 Å². The van der Waals surface area contributed by atoms with Crippen LogP contribution < -0.4 is 5.32 Å². The summed E-state index contributed by atoms with van der Waals surface area (Å²) in [5.41, 5.74) is 3.56. The fourth-order valence-corrected chi connectivity index (χ4v) is 3.37. The van der Waals surface area contributed by atoms with Crippen molar-refractivity contribution in [2.45, 2.75) is 26.2 Å². The van der Waals surface area contributed by atoms with E-state index in [0.717, 1.165) is 16.8 Å². The van der Waals surface area contributed by atoms with Gasteiger partial charge >= 0.3 is 5.97 Å². The number of hydrogen-bond acceptors (Lipinski definition) is 4. The molecule has 1 unspecified atom stereocenters. The average Bonchev–Trinajstić information content (AvgIpc) is 2.91. The second-order valence-corrected chi connectivity index (χ2v) is 6.37. The van der Waals surface area contributed by atoms with E-state index in [1.807, 2.05) is 24.4 Å². The van der Waals surface area contributed by atoms with Crippen molar-refractivity contribution in [3.05, 3.63) is 46.0 Å². The molecule has 1 aromatic heterocycles. The van der Waals surface area contributed by atoms with E-state index in [4.69, 9.17) is 5.11 Å². The first-order valence-corrected chi connectivity index (χ1v) is 7.99. The predicted molar refractivity (Wildman–Crippen MR) is 84.4 cm³/mol. The van der Waals surface area contributed by atoms with Crippen molar-refractivity contribution in [1.29, 1.82) is 0 Å². The number of carbonyl (C=O) groups is 2. The summed E-state index contributed by atoms with van der Waals surface area (Å²) in [7, 11) is 0. The molecule has 5 nitrogen and oxygen atoms in total. The number of fused-ring (bicyclic) bond motifs is 1. The van der Waals surface area contributed by atoms with E-state index in [-0.39, 0.29) is 11.8 Å². The van der Waals surface area contributed by atoms with Gasteiger partial charge in [-0.1, -0.05) is 6.07 Å². The first-order chi connectivity index (χ1) is 10.5. The van der Waals surface area contributed by atoms with E-state index < -0.39 is 5.97 Å². The fourth-order valence-electron chi connectivity index (χ4n) is 2.69. The molecule has 1 aliphatic carbocycles. The Balaban J connectivity index is 1.76. The molecule has 0 bridgehead atoms. The number of carboxylic acid groups (broad SMARTS) is 1. The fraction of sp³-hybridized carbons (Fsp3) is 0.312. The molecule has 1 atom stereocenters. The van der Waals surface area contributed by atoms with Gasteiger partial charge in [-0.3, -0.25) is 14.9 Å². The van der Waals surface area contributed by atoms with Gasteiger partial charge in [0.05, 0.1) is 11.6 Å². The van der Waals surface area contributed by atoms with Gasteiger partial charge in [0.2, 0.25) is 0 Å². The molecule has 0 fully saturated rings. The van der Waals surface area contributed by atoms with Crippen molar-refractivity contribution in [1.82, 2.24) is 4.98 Å². The van der Waals surface area contributed by atoms with E-state index in [0.29, 0.717) is 30.0 Å². The van der Waals surface area contributed by atoms with Gasteiger partial charge in [0.15, 0.2) is 5.13 Å². The highest BCUT2D eigenvalue weighted by atomic mass is 32.1. The van der Waals surface area contributed by atoms with Crippen molar-refractivity contribution >= 4 is 28.3 Å². The zero-order valence-corrected chi connectivity index (χ0v) is 12.9. The number of carboxylic acids is 1. The number of thiazole rings is 1. The number of aliphatic carboxylic acids is 1. The summed E-state index contributed by atoms with van der Waals surface area (Å²) in [6, 6.07) is 5.48. The van der Waals surface area contributed by atoms with Crippen LogP contribution in [0.2, 0.25) is 0 Å². The lowest BCUT2D eigenvalue weighted by molar-refractivity contribution is -0.142. The third-order valence-corrected chi connectivity index (χ3v) is 4.76. The van der Waals surface area contributed by atoms with E-state index in [1.165, 1.54) is 11.3 Å². The maximum absolute atomic E-state index is 12.2. The van der Waals surface area contributed by atoms with Crippen molar-refractivity contribution in [2.75, 3.05) is 5.32 Å². The smallest absolute Gasteiger partial charge is 0.306 e. The number of amides is 1. The summed E-state index contributed by atoms with van der Waals surface area (Å²) >= 11 is 1.40. The lowest BCUT2D eigenvalue weighted by atomic mass is 9.83. The first kappa shape index (κ1) is 14.7. The Labute approximate surface area is 132 Å². The van der Waals surface area contributed by atoms with Crippen LogP contribution >= 0.6 is 11.3 Å². The number of nitrogens with one attached hydrogen (secondary N) is 1. The Morgan fingerprint density at radius 2 is 2.18 bits per heavy atom. The van der Waals surface area contributed by atoms with Gasteiger partial charge in [-0.05, 0) is 49.4 Å². The number of aryl methyl sites for hydroxylation is 2. The second kappa shape index (κ2) is 5.88. The molecule has 1 aliphatic rings. The molecular weight excluding hydrogens is 300 g/mol. The van der Waals surface area contributed by atoms with Crippen LogP contribution in [0, 0.1) is 12.8 Å². The largest absolute Gasteiger partial charge is 0.481 e. The normalized spacial score (nSPS) is 16.9. The number of aromatic nitrogens is 1. The topological polar surface area (TPSA) is 79.3 Å². The van der Waals surface area contributed by atoms with Gasteiger partial charge in [-0.15, -0.1) is 11.3 Å². The zero-order valence-electron chi connectivity index (χ0n) is 12.1. The van der Waals surface area contributed by atoms with Crippen LogP contribution in [0.5, 0.6) is 0 Å². The Kier molecular flexibility index (Phi) is 3.94. The first-order valence-electron chi connectivity index (χ1n) is 7.11. The van der Waals surface area contributed by atoms with Crippen LogP contribution in [-0.2, 0) is 17.6 Å². The third-order valence-electron chi connectivity index (χ3n) is 3.89. The van der Waals surface area contributed by atoms with Crippen molar-refractivity contribution in [3.63, 3.8) is 0 Å². The molecular formula is C16H16N2O3S. The molecule has 2 aromatic rings. The molecule has 0 saturated heterocycles. The highest BCUT2D eigenvalue weighted by molar-refractivity contribution is 7.13. The molecule has 1 aromatic carbocycles. The molecule has 2 N–H and O–H groups in total. The number of benzene rings is 1. The van der Waals surface area contributed by atoms with E-state index >= 15 is 0 Å². The van der Waals surface area contributed by atoms with Gasteiger partial charge in [0.25, 0.3) is 5.91 Å². The van der Waals surface area contributed by atoms with Gasteiger partial charge in [-0.2, -0.15) is 0 Å². The van der Waals surface area contributed by atoms with E-state index in [2.05, 4.69) is 10.3 Å². The number of anilines is 1. The monoisotopic (exact) mass is 316 g/mol. The van der Waals surface area contributed by atoms with Crippen molar-refractivity contribution in [3.8, 4) is 0 Å². The minimum Gasteiger partial charge on any atom is -0.481 e. The quantitative estimate of drug-likeness (QED) is 0.912. The summed E-state index contributed by atoms with van der Waals surface area (Å²) in [4.78, 5) is 27.5. The summed E-state index contributed by atoms with van der Waals surface area (Å²) in [6.07, 6.45) is 1.86. The maximum atomic E-state index is 12.2. The third kappa shape index (κ3) is 3.01. The van der Waals surface area contributed by atoms with Gasteiger partial charge in [0.1, 0.15) is 0 Å². The molecule has 0 aliphatic heterocycles. The average molecular weight is 316 g/mol. The Hall–Kier alpha value is -2.21. The van der Waals surface area contributed by atoms with Gasteiger partial charge < -0.3 is 5.11 Å². The molecule has 114 valence electrons. The Bertz CT molecular complexity index is 739. The molecule has 0 radical (unpaired) electrons. The van der Waals surface area contributed by atoms with Gasteiger partial charge in [-0.25, -0.2) is 4.98 Å². The molecule has 6 heteroatoms. The summed E-state index contributed by atoms with van der Waals surface area (Å²) in [6.45, 7) is 1.88. The lowest BCUT2D eigenvalue weighted by Crippen LogP contribution is -2.22. The van der Waals surface area contributed by atoms with Crippen LogP contribution in [0.3, 0.4) is 0 Å². The molecule has 22 heavy (non-hydrogen) atoms. The molecule has 0 saturated carbocycles. The van der Waals surface area contributed by atoms with Crippen LogP contribution in [-0.4, -0.2) is 22.0 Å². The highest BCUT2D eigenvalue weighted by Gasteiger charge is 2.24. The number of hydrogen-bond donors (Lipinski definition) is 2. The van der Waals surface area contributed by atoms with E-state index in [9.17, 15) is 9.59 Å².